The Morgan fingerprint density at radius 2 is 2.25 bits per heavy atom. The van der Waals surface area contributed by atoms with Crippen LogP contribution < -0.4 is 11.1 Å². The molecule has 0 bridgehead atoms. The van der Waals surface area contributed by atoms with Gasteiger partial charge >= 0.3 is 0 Å². The fourth-order valence-corrected chi connectivity index (χ4v) is 1.60. The summed E-state index contributed by atoms with van der Waals surface area (Å²) in [6.07, 6.45) is 1.79. The van der Waals surface area contributed by atoms with Crippen LogP contribution in [0.2, 0.25) is 0 Å². The molecule has 0 saturated carbocycles. The number of anilines is 2. The molecule has 1 aromatic carbocycles. The Hall–Kier alpha value is -1.81. The summed E-state index contributed by atoms with van der Waals surface area (Å²) in [6, 6.07) is 7.78. The zero-order chi connectivity index (χ0) is 11.4. The zero-order valence-corrected chi connectivity index (χ0v) is 9.23. The van der Waals surface area contributed by atoms with Crippen LogP contribution in [0.15, 0.2) is 30.5 Å². The molecule has 0 aliphatic heterocycles. The number of nitrogen functional groups attached to an aromatic ring is 1. The predicted octanol–water partition coefficient (Wildman–Crippen LogP) is 1.88. The van der Waals surface area contributed by atoms with Gasteiger partial charge in [0.05, 0.1) is 6.61 Å². The minimum absolute atomic E-state index is 0.653. The summed E-state index contributed by atoms with van der Waals surface area (Å²) in [5.74, 6) is 0.849. The third-order valence-electron chi connectivity index (χ3n) is 2.39. The van der Waals surface area contributed by atoms with Gasteiger partial charge in [-0.25, -0.2) is 4.98 Å². The second kappa shape index (κ2) is 4.81. The van der Waals surface area contributed by atoms with E-state index in [1.165, 1.54) is 0 Å². The number of pyridine rings is 1. The van der Waals surface area contributed by atoms with E-state index < -0.39 is 0 Å². The molecule has 0 saturated heterocycles. The molecular formula is C12H15N3O. The van der Waals surface area contributed by atoms with Crippen molar-refractivity contribution in [1.82, 2.24) is 4.98 Å². The molecule has 4 heteroatoms. The van der Waals surface area contributed by atoms with E-state index in [4.69, 9.17) is 10.5 Å². The van der Waals surface area contributed by atoms with Gasteiger partial charge in [-0.15, -0.1) is 0 Å². The van der Waals surface area contributed by atoms with E-state index in [1.807, 2.05) is 24.3 Å². The fraction of sp³-hybridized carbons (Fsp3) is 0.250. The molecule has 0 aliphatic carbocycles. The maximum absolute atomic E-state index is 5.77. The van der Waals surface area contributed by atoms with Gasteiger partial charge in [0.2, 0.25) is 0 Å². The lowest BCUT2D eigenvalue weighted by molar-refractivity contribution is 0.210. The topological polar surface area (TPSA) is 60.2 Å². The second-order valence-corrected chi connectivity index (χ2v) is 3.56. The highest BCUT2D eigenvalue weighted by atomic mass is 16.5. The van der Waals surface area contributed by atoms with Crippen molar-refractivity contribution < 1.29 is 4.74 Å². The molecule has 2 rings (SSSR count). The van der Waals surface area contributed by atoms with Gasteiger partial charge in [-0.05, 0) is 23.6 Å². The second-order valence-electron chi connectivity index (χ2n) is 3.56. The summed E-state index contributed by atoms with van der Waals surface area (Å²) in [4.78, 5) is 4.30. The number of hydrogen-bond acceptors (Lipinski definition) is 4. The molecule has 4 nitrogen and oxygen atoms in total. The van der Waals surface area contributed by atoms with Crippen molar-refractivity contribution in [3.63, 3.8) is 0 Å². The van der Waals surface area contributed by atoms with Crippen LogP contribution >= 0.6 is 0 Å². The monoisotopic (exact) mass is 217 g/mol. The Labute approximate surface area is 94.4 Å². The smallest absolute Gasteiger partial charge is 0.133 e. The van der Waals surface area contributed by atoms with Crippen LogP contribution in [-0.4, -0.2) is 25.2 Å². The van der Waals surface area contributed by atoms with Crippen molar-refractivity contribution in [3.8, 4) is 0 Å². The van der Waals surface area contributed by atoms with Crippen molar-refractivity contribution in [2.24, 2.45) is 0 Å². The van der Waals surface area contributed by atoms with Gasteiger partial charge in [0.25, 0.3) is 0 Å². The van der Waals surface area contributed by atoms with Gasteiger partial charge in [-0.3, -0.25) is 0 Å². The summed E-state index contributed by atoms with van der Waals surface area (Å²) in [6.45, 7) is 1.39. The van der Waals surface area contributed by atoms with Crippen LogP contribution in [-0.2, 0) is 4.74 Å². The lowest BCUT2D eigenvalue weighted by Gasteiger charge is -2.08. The van der Waals surface area contributed by atoms with Crippen LogP contribution in [0.1, 0.15) is 0 Å². The van der Waals surface area contributed by atoms with Gasteiger partial charge in [-0.1, -0.05) is 6.07 Å². The van der Waals surface area contributed by atoms with E-state index in [-0.39, 0.29) is 0 Å². The number of methoxy groups -OCH3 is 1. The van der Waals surface area contributed by atoms with E-state index in [2.05, 4.69) is 10.3 Å². The molecule has 1 heterocycles. The van der Waals surface area contributed by atoms with Gasteiger partial charge in [0.1, 0.15) is 5.82 Å². The Bertz CT molecular complexity index is 485. The highest BCUT2D eigenvalue weighted by Crippen LogP contribution is 2.22. The number of hydrogen-bond donors (Lipinski definition) is 2. The standard InChI is InChI=1S/C12H15N3O/c1-16-7-6-15-12-11-8-10(13)3-2-9(11)4-5-14-12/h2-5,8H,6-7,13H2,1H3,(H,14,15). The summed E-state index contributed by atoms with van der Waals surface area (Å²) in [7, 11) is 1.68. The molecular weight excluding hydrogens is 202 g/mol. The van der Waals surface area contributed by atoms with Crippen molar-refractivity contribution in [3.05, 3.63) is 30.5 Å². The van der Waals surface area contributed by atoms with Gasteiger partial charge in [0.15, 0.2) is 0 Å². The lowest BCUT2D eigenvalue weighted by Crippen LogP contribution is -2.09. The summed E-state index contributed by atoms with van der Waals surface area (Å²) < 4.78 is 4.98. The average Bonchev–Trinajstić information content (AvgIpc) is 2.30. The van der Waals surface area contributed by atoms with E-state index in [0.29, 0.717) is 6.61 Å². The highest BCUT2D eigenvalue weighted by molar-refractivity contribution is 5.93. The highest BCUT2D eigenvalue weighted by Gasteiger charge is 2.01. The molecule has 3 N–H and O–H groups in total. The number of ether oxygens (including phenoxy) is 1. The molecule has 0 atom stereocenters. The third-order valence-corrected chi connectivity index (χ3v) is 2.39. The number of nitrogens with two attached hydrogens (primary N) is 1. The largest absolute Gasteiger partial charge is 0.399 e. The summed E-state index contributed by atoms with van der Waals surface area (Å²) in [5, 5.41) is 5.39. The normalized spacial score (nSPS) is 10.6. The van der Waals surface area contributed by atoms with Crippen LogP contribution in [0, 0.1) is 0 Å². The molecule has 0 aliphatic rings. The van der Waals surface area contributed by atoms with Gasteiger partial charge in [0, 0.05) is 30.9 Å². The van der Waals surface area contributed by atoms with E-state index in [0.717, 1.165) is 28.8 Å². The quantitative estimate of drug-likeness (QED) is 0.606. The van der Waals surface area contributed by atoms with Crippen LogP contribution in [0.5, 0.6) is 0 Å². The molecule has 0 radical (unpaired) electrons. The molecule has 0 unspecified atom stereocenters. The molecule has 2 aromatic rings. The van der Waals surface area contributed by atoms with Crippen molar-refractivity contribution in [1.29, 1.82) is 0 Å². The third kappa shape index (κ3) is 2.23. The molecule has 0 spiro atoms. The Morgan fingerprint density at radius 3 is 3.06 bits per heavy atom. The van der Waals surface area contributed by atoms with Crippen LogP contribution in [0.3, 0.4) is 0 Å². The lowest BCUT2D eigenvalue weighted by atomic mass is 10.1. The number of nitrogens with one attached hydrogen (secondary N) is 1. The van der Waals surface area contributed by atoms with Crippen LogP contribution in [0.4, 0.5) is 11.5 Å². The first-order valence-corrected chi connectivity index (χ1v) is 5.18. The summed E-state index contributed by atoms with van der Waals surface area (Å²) >= 11 is 0. The minimum Gasteiger partial charge on any atom is -0.399 e. The van der Waals surface area contributed by atoms with E-state index in [9.17, 15) is 0 Å². The molecule has 84 valence electrons. The van der Waals surface area contributed by atoms with Crippen molar-refractivity contribution >= 4 is 22.3 Å². The maximum Gasteiger partial charge on any atom is 0.133 e. The zero-order valence-electron chi connectivity index (χ0n) is 9.23. The molecule has 0 fully saturated rings. The molecule has 1 aromatic heterocycles. The first-order valence-electron chi connectivity index (χ1n) is 5.18. The van der Waals surface area contributed by atoms with E-state index >= 15 is 0 Å². The number of nitrogens with zero attached hydrogens (tertiary/aromatic N) is 1. The minimum atomic E-state index is 0.653. The van der Waals surface area contributed by atoms with Crippen LogP contribution in [0.25, 0.3) is 10.8 Å². The fourth-order valence-electron chi connectivity index (χ4n) is 1.60. The molecule has 0 amide bonds. The van der Waals surface area contributed by atoms with Gasteiger partial charge in [-0.2, -0.15) is 0 Å². The van der Waals surface area contributed by atoms with Gasteiger partial charge < -0.3 is 15.8 Å². The number of rotatable bonds is 4. The molecule has 16 heavy (non-hydrogen) atoms. The first kappa shape index (κ1) is 10.7. The Kier molecular flexibility index (Phi) is 3.22. The van der Waals surface area contributed by atoms with Crippen molar-refractivity contribution in [2.45, 2.75) is 0 Å². The number of fused-ring (bicyclic) bond motifs is 1. The first-order chi connectivity index (χ1) is 7.81. The van der Waals surface area contributed by atoms with Crippen molar-refractivity contribution in [2.75, 3.05) is 31.3 Å². The number of aromatic nitrogens is 1. The SMILES string of the molecule is COCCNc1nccc2ccc(N)cc12. The van der Waals surface area contributed by atoms with E-state index in [1.54, 1.807) is 13.3 Å². The predicted molar refractivity (Wildman–Crippen MR) is 66.5 cm³/mol. The average molecular weight is 217 g/mol. The summed E-state index contributed by atoms with van der Waals surface area (Å²) in [5.41, 5.74) is 6.51. The number of benzene rings is 1. The Morgan fingerprint density at radius 1 is 1.38 bits per heavy atom. The Balaban J connectivity index is 2.32. The maximum atomic E-state index is 5.77.